The van der Waals surface area contributed by atoms with Gasteiger partial charge in [-0.25, -0.2) is 0 Å². The minimum atomic E-state index is 0.846. The summed E-state index contributed by atoms with van der Waals surface area (Å²) in [7, 11) is 0. The first-order valence-corrected chi connectivity index (χ1v) is 6.87. The summed E-state index contributed by atoms with van der Waals surface area (Å²) >= 11 is 0. The second kappa shape index (κ2) is 6.65. The average molecular weight is 234 g/mol. The molecule has 0 aliphatic carbocycles. The number of quaternary nitrogens is 1. The van der Waals surface area contributed by atoms with Crippen LogP contribution in [0.5, 0.6) is 5.75 Å². The summed E-state index contributed by atoms with van der Waals surface area (Å²) in [4.78, 5) is 1.72. The first kappa shape index (κ1) is 12.4. The lowest BCUT2D eigenvalue weighted by Gasteiger charge is -2.17. The van der Waals surface area contributed by atoms with Gasteiger partial charge >= 0.3 is 0 Å². The molecule has 1 heterocycles. The third-order valence-corrected chi connectivity index (χ3v) is 3.56. The molecule has 1 aromatic carbocycles. The van der Waals surface area contributed by atoms with E-state index in [9.17, 15) is 0 Å². The Bertz CT molecular complexity index is 312. The van der Waals surface area contributed by atoms with Gasteiger partial charge in [0.25, 0.3) is 0 Å². The maximum Gasteiger partial charge on any atom is 0.137 e. The Kier molecular flexibility index (Phi) is 4.87. The van der Waals surface area contributed by atoms with Crippen molar-refractivity contribution in [3.63, 3.8) is 0 Å². The Balaban J connectivity index is 1.69. The van der Waals surface area contributed by atoms with Crippen LogP contribution < -0.4 is 9.64 Å². The first-order valence-electron chi connectivity index (χ1n) is 6.87. The number of likely N-dealkylation sites (tertiary alicyclic amines) is 1. The quantitative estimate of drug-likeness (QED) is 0.839. The Morgan fingerprint density at radius 1 is 1.00 bits per heavy atom. The summed E-state index contributed by atoms with van der Waals surface area (Å²) in [5, 5.41) is 0. The van der Waals surface area contributed by atoms with Crippen molar-refractivity contribution in [1.82, 2.24) is 0 Å². The summed E-state index contributed by atoms with van der Waals surface area (Å²) in [5.41, 5.74) is 1.29. The fourth-order valence-electron chi connectivity index (χ4n) is 2.43. The molecule has 2 heteroatoms. The Hall–Kier alpha value is -1.02. The molecule has 2 nitrogen and oxygen atoms in total. The molecular weight excluding hydrogens is 210 g/mol. The second-order valence-electron chi connectivity index (χ2n) is 5.08. The predicted octanol–water partition coefficient (Wildman–Crippen LogP) is 1.83. The van der Waals surface area contributed by atoms with Crippen molar-refractivity contribution >= 4 is 0 Å². The Morgan fingerprint density at radius 3 is 2.29 bits per heavy atom. The molecule has 1 aliphatic rings. The molecule has 17 heavy (non-hydrogen) atoms. The first-order chi connectivity index (χ1) is 8.34. The number of hydrogen-bond donors (Lipinski definition) is 1. The third kappa shape index (κ3) is 4.39. The number of rotatable bonds is 4. The Morgan fingerprint density at radius 2 is 1.65 bits per heavy atom. The molecule has 0 amide bonds. The van der Waals surface area contributed by atoms with Crippen LogP contribution in [-0.2, 0) is 0 Å². The molecule has 0 aromatic heterocycles. The van der Waals surface area contributed by atoms with E-state index in [2.05, 4.69) is 31.2 Å². The monoisotopic (exact) mass is 234 g/mol. The largest absolute Gasteiger partial charge is 0.488 e. The zero-order chi connectivity index (χ0) is 11.9. The van der Waals surface area contributed by atoms with Crippen LogP contribution in [0.4, 0.5) is 0 Å². The molecule has 0 radical (unpaired) electrons. The highest BCUT2D eigenvalue weighted by molar-refractivity contribution is 5.26. The lowest BCUT2D eigenvalue weighted by molar-refractivity contribution is -0.899. The van der Waals surface area contributed by atoms with E-state index in [1.165, 1.54) is 44.3 Å². The standard InChI is InChI=1S/C15H23NO/c1-14-6-8-15(9-7-14)17-13-12-16-10-4-2-3-5-11-16/h6-9H,2-5,10-13H2,1H3/p+1. The lowest BCUT2D eigenvalue weighted by Crippen LogP contribution is -3.12. The predicted molar refractivity (Wildman–Crippen MR) is 70.7 cm³/mol. The molecule has 1 aromatic rings. The van der Waals surface area contributed by atoms with E-state index in [0.29, 0.717) is 0 Å². The van der Waals surface area contributed by atoms with E-state index >= 15 is 0 Å². The topological polar surface area (TPSA) is 13.7 Å². The van der Waals surface area contributed by atoms with Crippen molar-refractivity contribution in [1.29, 1.82) is 0 Å². The van der Waals surface area contributed by atoms with Crippen LogP contribution >= 0.6 is 0 Å². The van der Waals surface area contributed by atoms with Gasteiger partial charge in [-0.1, -0.05) is 17.7 Å². The number of aryl methyl sites for hydroxylation is 1. The highest BCUT2D eigenvalue weighted by Crippen LogP contribution is 2.10. The summed E-state index contributed by atoms with van der Waals surface area (Å²) < 4.78 is 5.78. The summed E-state index contributed by atoms with van der Waals surface area (Å²) in [5.74, 6) is 1.00. The van der Waals surface area contributed by atoms with Crippen LogP contribution in [-0.4, -0.2) is 26.2 Å². The molecule has 0 unspecified atom stereocenters. The zero-order valence-corrected chi connectivity index (χ0v) is 10.9. The summed E-state index contributed by atoms with van der Waals surface area (Å²) in [6.07, 6.45) is 5.62. The van der Waals surface area contributed by atoms with E-state index < -0.39 is 0 Å². The summed E-state index contributed by atoms with van der Waals surface area (Å²) in [6.45, 7) is 6.76. The van der Waals surface area contributed by atoms with E-state index in [-0.39, 0.29) is 0 Å². The highest BCUT2D eigenvalue weighted by atomic mass is 16.5. The molecule has 1 aliphatic heterocycles. The highest BCUT2D eigenvalue weighted by Gasteiger charge is 2.11. The number of hydrogen-bond acceptors (Lipinski definition) is 1. The third-order valence-electron chi connectivity index (χ3n) is 3.56. The van der Waals surface area contributed by atoms with E-state index in [4.69, 9.17) is 4.74 Å². The van der Waals surface area contributed by atoms with Crippen molar-refractivity contribution in [2.24, 2.45) is 0 Å². The zero-order valence-electron chi connectivity index (χ0n) is 10.9. The smallest absolute Gasteiger partial charge is 0.137 e. The SMILES string of the molecule is Cc1ccc(OCC[NH+]2CCCCCC2)cc1. The van der Waals surface area contributed by atoms with Gasteiger partial charge in [-0.2, -0.15) is 0 Å². The minimum Gasteiger partial charge on any atom is -0.488 e. The van der Waals surface area contributed by atoms with Crippen LogP contribution in [0.1, 0.15) is 31.2 Å². The molecule has 1 saturated heterocycles. The number of benzene rings is 1. The van der Waals surface area contributed by atoms with Crippen molar-refractivity contribution in [3.8, 4) is 5.75 Å². The van der Waals surface area contributed by atoms with Crippen LogP contribution in [0, 0.1) is 6.92 Å². The van der Waals surface area contributed by atoms with Crippen LogP contribution in [0.3, 0.4) is 0 Å². The van der Waals surface area contributed by atoms with Crippen molar-refractivity contribution < 1.29 is 9.64 Å². The van der Waals surface area contributed by atoms with Crippen molar-refractivity contribution in [2.75, 3.05) is 26.2 Å². The number of nitrogens with one attached hydrogen (secondary N) is 1. The van der Waals surface area contributed by atoms with Gasteiger partial charge in [0.15, 0.2) is 0 Å². The maximum absolute atomic E-state index is 5.78. The summed E-state index contributed by atoms with van der Waals surface area (Å²) in [6, 6.07) is 8.34. The Labute approximate surface area is 105 Å². The van der Waals surface area contributed by atoms with Gasteiger partial charge in [0, 0.05) is 0 Å². The second-order valence-corrected chi connectivity index (χ2v) is 5.08. The molecule has 0 spiro atoms. The molecule has 0 bridgehead atoms. The van der Waals surface area contributed by atoms with E-state index in [0.717, 1.165) is 18.9 Å². The van der Waals surface area contributed by atoms with Gasteiger partial charge in [-0.15, -0.1) is 0 Å². The van der Waals surface area contributed by atoms with Gasteiger partial charge in [0.1, 0.15) is 18.9 Å². The molecule has 1 fully saturated rings. The van der Waals surface area contributed by atoms with Crippen LogP contribution in [0.2, 0.25) is 0 Å². The minimum absolute atomic E-state index is 0.846. The van der Waals surface area contributed by atoms with Gasteiger partial charge < -0.3 is 9.64 Å². The van der Waals surface area contributed by atoms with Gasteiger partial charge in [-0.05, 0) is 44.7 Å². The number of ether oxygens (including phenoxy) is 1. The maximum atomic E-state index is 5.78. The van der Waals surface area contributed by atoms with E-state index in [1.807, 2.05) is 0 Å². The van der Waals surface area contributed by atoms with Gasteiger partial charge in [0.2, 0.25) is 0 Å². The van der Waals surface area contributed by atoms with Crippen molar-refractivity contribution in [2.45, 2.75) is 32.6 Å². The molecule has 0 saturated carbocycles. The van der Waals surface area contributed by atoms with Crippen molar-refractivity contribution in [3.05, 3.63) is 29.8 Å². The molecule has 0 atom stereocenters. The molecule has 1 N–H and O–H groups in total. The fourth-order valence-corrected chi connectivity index (χ4v) is 2.43. The lowest BCUT2D eigenvalue weighted by atomic mass is 10.2. The van der Waals surface area contributed by atoms with Crippen LogP contribution in [0.15, 0.2) is 24.3 Å². The molecule has 2 rings (SSSR count). The normalized spacial score (nSPS) is 17.7. The van der Waals surface area contributed by atoms with Gasteiger partial charge in [0.05, 0.1) is 13.1 Å². The molecular formula is C15H24NO+. The van der Waals surface area contributed by atoms with Gasteiger partial charge in [-0.3, -0.25) is 0 Å². The van der Waals surface area contributed by atoms with Crippen LogP contribution in [0.25, 0.3) is 0 Å². The average Bonchev–Trinajstić information content (AvgIpc) is 2.60. The van der Waals surface area contributed by atoms with E-state index in [1.54, 1.807) is 4.90 Å². The fraction of sp³-hybridized carbons (Fsp3) is 0.600. The molecule has 94 valence electrons.